The first kappa shape index (κ1) is 14.8. The van der Waals surface area contributed by atoms with Crippen LogP contribution in [0, 0.1) is 17.2 Å². The van der Waals surface area contributed by atoms with Crippen molar-refractivity contribution in [2.24, 2.45) is 5.92 Å². The zero-order valence-corrected chi connectivity index (χ0v) is 11.6. The largest absolute Gasteiger partial charge is 0.392 e. The summed E-state index contributed by atoms with van der Waals surface area (Å²) in [6.07, 6.45) is 0.492. The number of benzene rings is 1. The van der Waals surface area contributed by atoms with Gasteiger partial charge < -0.3 is 10.0 Å². The summed E-state index contributed by atoms with van der Waals surface area (Å²) in [5.74, 6) is 0.514. The van der Waals surface area contributed by atoms with E-state index in [1.807, 2.05) is 18.2 Å². The highest BCUT2D eigenvalue weighted by molar-refractivity contribution is 6.31. The van der Waals surface area contributed by atoms with Gasteiger partial charge in [0.05, 0.1) is 19.1 Å². The van der Waals surface area contributed by atoms with Crippen LogP contribution in [-0.4, -0.2) is 18.2 Å². The normalized spacial score (nSPS) is 10.4. The van der Waals surface area contributed by atoms with Crippen molar-refractivity contribution in [1.29, 1.82) is 5.26 Å². The first-order valence-electron chi connectivity index (χ1n) is 6.09. The molecule has 98 valence electrons. The van der Waals surface area contributed by atoms with Crippen LogP contribution in [0.25, 0.3) is 0 Å². The molecule has 0 aliphatic heterocycles. The minimum atomic E-state index is -0.0541. The smallest absolute Gasteiger partial charge is 0.0696 e. The van der Waals surface area contributed by atoms with E-state index in [1.165, 1.54) is 0 Å². The van der Waals surface area contributed by atoms with Gasteiger partial charge in [0.25, 0.3) is 0 Å². The molecule has 18 heavy (non-hydrogen) atoms. The lowest BCUT2D eigenvalue weighted by molar-refractivity contribution is 0.282. The quantitative estimate of drug-likeness (QED) is 0.860. The molecule has 0 amide bonds. The van der Waals surface area contributed by atoms with Gasteiger partial charge in [0.15, 0.2) is 0 Å². The molecule has 3 nitrogen and oxygen atoms in total. The van der Waals surface area contributed by atoms with Crippen LogP contribution in [0.4, 0.5) is 5.69 Å². The maximum absolute atomic E-state index is 9.09. The second kappa shape index (κ2) is 7.25. The summed E-state index contributed by atoms with van der Waals surface area (Å²) in [4.78, 5) is 2.15. The lowest BCUT2D eigenvalue weighted by atomic mass is 10.1. The summed E-state index contributed by atoms with van der Waals surface area (Å²) < 4.78 is 0. The number of halogens is 1. The number of nitriles is 1. The van der Waals surface area contributed by atoms with E-state index in [-0.39, 0.29) is 6.61 Å². The van der Waals surface area contributed by atoms with Crippen molar-refractivity contribution < 1.29 is 5.11 Å². The fourth-order valence-corrected chi connectivity index (χ4v) is 2.05. The van der Waals surface area contributed by atoms with E-state index in [0.717, 1.165) is 17.8 Å². The minimum absolute atomic E-state index is 0.0541. The molecule has 0 aliphatic rings. The Bertz CT molecular complexity index is 426. The first-order chi connectivity index (χ1) is 8.58. The number of aliphatic hydroxyl groups is 1. The number of hydrogen-bond donors (Lipinski definition) is 1. The van der Waals surface area contributed by atoms with Gasteiger partial charge in [0, 0.05) is 23.8 Å². The van der Waals surface area contributed by atoms with Crippen molar-refractivity contribution in [3.8, 4) is 6.07 Å². The van der Waals surface area contributed by atoms with Crippen LogP contribution in [0.15, 0.2) is 18.2 Å². The van der Waals surface area contributed by atoms with Crippen molar-refractivity contribution in [3.05, 3.63) is 28.8 Å². The summed E-state index contributed by atoms with van der Waals surface area (Å²) in [6.45, 7) is 5.81. The number of hydrogen-bond acceptors (Lipinski definition) is 3. The molecular formula is C14H19ClN2O. The van der Waals surface area contributed by atoms with Crippen LogP contribution in [0.2, 0.25) is 5.02 Å². The van der Waals surface area contributed by atoms with Crippen LogP contribution in [-0.2, 0) is 6.61 Å². The third-order valence-corrected chi connectivity index (χ3v) is 3.00. The summed E-state index contributed by atoms with van der Waals surface area (Å²) in [6, 6.07) is 7.79. The maximum Gasteiger partial charge on any atom is 0.0696 e. The van der Waals surface area contributed by atoms with E-state index >= 15 is 0 Å². The molecule has 0 saturated heterocycles. The standard InChI is InChI=1S/C14H19ClN2O/c1-11(2)9-17(7-3-6-16)13-5-4-12(10-18)14(15)8-13/h4-5,8,11,18H,3,7,9-10H2,1-2H3. The van der Waals surface area contributed by atoms with Gasteiger partial charge in [-0.15, -0.1) is 0 Å². The third-order valence-electron chi connectivity index (χ3n) is 2.65. The molecule has 0 fully saturated rings. The van der Waals surface area contributed by atoms with Crippen molar-refractivity contribution in [1.82, 2.24) is 0 Å². The van der Waals surface area contributed by atoms with Crippen LogP contribution in [0.1, 0.15) is 25.8 Å². The fraction of sp³-hybridized carbons (Fsp3) is 0.500. The maximum atomic E-state index is 9.09. The lowest BCUT2D eigenvalue weighted by Gasteiger charge is -2.26. The molecule has 0 radical (unpaired) electrons. The van der Waals surface area contributed by atoms with Gasteiger partial charge in [-0.3, -0.25) is 0 Å². The number of rotatable bonds is 6. The fourth-order valence-electron chi connectivity index (χ4n) is 1.81. The van der Waals surface area contributed by atoms with Crippen LogP contribution >= 0.6 is 11.6 Å². The Morgan fingerprint density at radius 2 is 2.17 bits per heavy atom. The van der Waals surface area contributed by atoms with Gasteiger partial charge in [-0.1, -0.05) is 31.5 Å². The van der Waals surface area contributed by atoms with E-state index in [1.54, 1.807) is 0 Å². The summed E-state index contributed by atoms with van der Waals surface area (Å²) >= 11 is 6.09. The predicted molar refractivity (Wildman–Crippen MR) is 74.7 cm³/mol. The summed E-state index contributed by atoms with van der Waals surface area (Å²) in [5.41, 5.74) is 1.73. The molecule has 0 atom stereocenters. The highest BCUT2D eigenvalue weighted by Crippen LogP contribution is 2.24. The van der Waals surface area contributed by atoms with E-state index in [4.69, 9.17) is 22.0 Å². The third kappa shape index (κ3) is 4.21. The summed E-state index contributed by atoms with van der Waals surface area (Å²) in [7, 11) is 0. The Morgan fingerprint density at radius 1 is 1.44 bits per heavy atom. The van der Waals surface area contributed by atoms with Gasteiger partial charge in [-0.2, -0.15) is 5.26 Å². The molecule has 0 unspecified atom stereocenters. The van der Waals surface area contributed by atoms with Gasteiger partial charge in [0.2, 0.25) is 0 Å². The molecule has 1 N–H and O–H groups in total. The molecule has 0 spiro atoms. The lowest BCUT2D eigenvalue weighted by Crippen LogP contribution is -2.28. The highest BCUT2D eigenvalue weighted by Gasteiger charge is 2.10. The Hall–Kier alpha value is -1.24. The SMILES string of the molecule is CC(C)CN(CCC#N)c1ccc(CO)c(Cl)c1. The van der Waals surface area contributed by atoms with Gasteiger partial charge in [-0.25, -0.2) is 0 Å². The van der Waals surface area contributed by atoms with Gasteiger partial charge in [0.1, 0.15) is 0 Å². The Morgan fingerprint density at radius 3 is 2.67 bits per heavy atom. The summed E-state index contributed by atoms with van der Waals surface area (Å²) in [5, 5.41) is 18.4. The van der Waals surface area contributed by atoms with Crippen molar-refractivity contribution >= 4 is 17.3 Å². The van der Waals surface area contributed by atoms with Crippen molar-refractivity contribution in [2.75, 3.05) is 18.0 Å². The Labute approximate surface area is 114 Å². The molecule has 1 aromatic rings. The molecular weight excluding hydrogens is 248 g/mol. The van der Waals surface area contributed by atoms with Gasteiger partial charge >= 0.3 is 0 Å². The first-order valence-corrected chi connectivity index (χ1v) is 6.47. The molecule has 0 aliphatic carbocycles. The van der Waals surface area contributed by atoms with E-state index in [0.29, 0.717) is 23.9 Å². The zero-order valence-electron chi connectivity index (χ0n) is 10.9. The topological polar surface area (TPSA) is 47.3 Å². The molecule has 0 heterocycles. The monoisotopic (exact) mass is 266 g/mol. The predicted octanol–water partition coefficient (Wildman–Crippen LogP) is 3.21. The second-order valence-corrected chi connectivity index (χ2v) is 5.09. The molecule has 1 rings (SSSR count). The van der Waals surface area contributed by atoms with Crippen LogP contribution in [0.5, 0.6) is 0 Å². The van der Waals surface area contributed by atoms with Crippen molar-refractivity contribution in [3.63, 3.8) is 0 Å². The Kier molecular flexibility index (Phi) is 5.97. The molecule has 4 heteroatoms. The molecule has 1 aromatic carbocycles. The van der Waals surface area contributed by atoms with Crippen LogP contribution < -0.4 is 4.90 Å². The zero-order chi connectivity index (χ0) is 13.5. The van der Waals surface area contributed by atoms with Crippen molar-refractivity contribution in [2.45, 2.75) is 26.9 Å². The number of nitrogens with zero attached hydrogens (tertiary/aromatic N) is 2. The Balaban J connectivity index is 2.90. The number of aliphatic hydroxyl groups excluding tert-OH is 1. The molecule has 0 saturated carbocycles. The number of anilines is 1. The molecule has 0 aromatic heterocycles. The minimum Gasteiger partial charge on any atom is -0.392 e. The van der Waals surface area contributed by atoms with E-state index in [9.17, 15) is 0 Å². The van der Waals surface area contributed by atoms with Gasteiger partial charge in [-0.05, 0) is 23.6 Å². The van der Waals surface area contributed by atoms with E-state index < -0.39 is 0 Å². The average Bonchev–Trinajstić information content (AvgIpc) is 2.34. The highest BCUT2D eigenvalue weighted by atomic mass is 35.5. The molecule has 0 bridgehead atoms. The average molecular weight is 267 g/mol. The van der Waals surface area contributed by atoms with E-state index in [2.05, 4.69) is 24.8 Å². The second-order valence-electron chi connectivity index (χ2n) is 4.68. The van der Waals surface area contributed by atoms with Crippen LogP contribution in [0.3, 0.4) is 0 Å².